The third kappa shape index (κ3) is 3.36. The Kier molecular flexibility index (Phi) is 3.47. The first-order valence-corrected chi connectivity index (χ1v) is 6.29. The van der Waals surface area contributed by atoms with Gasteiger partial charge in [-0.1, -0.05) is 13.0 Å². The van der Waals surface area contributed by atoms with Crippen LogP contribution in [0.5, 0.6) is 0 Å². The Hall–Kier alpha value is -1.36. The van der Waals surface area contributed by atoms with E-state index in [-0.39, 0.29) is 11.4 Å². The highest BCUT2D eigenvalue weighted by atomic mass is 32.2. The van der Waals surface area contributed by atoms with E-state index in [9.17, 15) is 8.42 Å². The molecule has 2 N–H and O–H groups in total. The molecular formula is C10H14N2O2S. The Morgan fingerprint density at radius 2 is 2.20 bits per heavy atom. The topological polar surface area (TPSA) is 73.0 Å². The summed E-state index contributed by atoms with van der Waals surface area (Å²) in [6.45, 7) is 3.47. The number of aryl methyl sites for hydroxylation is 1. The molecule has 5 heteroatoms. The average Bonchev–Trinajstić information content (AvgIpc) is 2.18. The molecule has 1 rings (SSSR count). The van der Waals surface area contributed by atoms with E-state index < -0.39 is 9.84 Å². The number of nitrogens with two attached hydrogens (primary N) is 1. The molecule has 0 atom stereocenters. The van der Waals surface area contributed by atoms with Crippen molar-refractivity contribution in [2.75, 3.05) is 5.75 Å². The zero-order valence-corrected chi connectivity index (χ0v) is 9.58. The van der Waals surface area contributed by atoms with Crippen LogP contribution in [0, 0.1) is 6.92 Å². The Balaban J connectivity index is 3.05. The third-order valence-corrected chi connectivity index (χ3v) is 3.33. The molecule has 0 saturated carbocycles. The fourth-order valence-electron chi connectivity index (χ4n) is 0.976. The predicted octanol–water partition coefficient (Wildman–Crippen LogP) is 1.08. The second-order valence-corrected chi connectivity index (χ2v) is 5.38. The number of hydrogen-bond acceptors (Lipinski definition) is 4. The van der Waals surface area contributed by atoms with Gasteiger partial charge in [0.25, 0.3) is 0 Å². The number of nitrogens with zero attached hydrogens (tertiary/aromatic N) is 1. The van der Waals surface area contributed by atoms with E-state index >= 15 is 0 Å². The zero-order chi connectivity index (χ0) is 11.5. The van der Waals surface area contributed by atoms with Crippen LogP contribution in [0.15, 0.2) is 23.7 Å². The van der Waals surface area contributed by atoms with Gasteiger partial charge in [0.1, 0.15) is 0 Å². The molecule has 15 heavy (non-hydrogen) atoms. The van der Waals surface area contributed by atoms with E-state index in [1.807, 2.05) is 13.0 Å². The second kappa shape index (κ2) is 4.44. The Labute approximate surface area is 89.8 Å². The summed E-state index contributed by atoms with van der Waals surface area (Å²) in [5.41, 5.74) is 7.29. The lowest BCUT2D eigenvalue weighted by Gasteiger charge is -2.01. The molecule has 0 aliphatic carbocycles. The molecule has 0 aromatic carbocycles. The van der Waals surface area contributed by atoms with Gasteiger partial charge >= 0.3 is 0 Å². The van der Waals surface area contributed by atoms with Gasteiger partial charge in [0.2, 0.25) is 0 Å². The average molecular weight is 226 g/mol. The minimum Gasteiger partial charge on any atom is -0.396 e. The highest BCUT2D eigenvalue weighted by Crippen LogP contribution is 2.08. The molecule has 0 aliphatic heterocycles. The van der Waals surface area contributed by atoms with Crippen molar-refractivity contribution in [1.82, 2.24) is 4.98 Å². The van der Waals surface area contributed by atoms with Crippen LogP contribution in [0.2, 0.25) is 0 Å². The van der Waals surface area contributed by atoms with Crippen molar-refractivity contribution in [1.29, 1.82) is 0 Å². The normalized spacial score (nSPS) is 12.8. The molecule has 0 amide bonds. The summed E-state index contributed by atoms with van der Waals surface area (Å²) in [4.78, 5) is 4.04. The summed E-state index contributed by atoms with van der Waals surface area (Å²) in [6.07, 6.45) is 1.65. The molecule has 0 bridgehead atoms. The van der Waals surface area contributed by atoms with Gasteiger partial charge in [-0.05, 0) is 18.6 Å². The molecule has 0 fully saturated rings. The summed E-state index contributed by atoms with van der Waals surface area (Å²) >= 11 is 0. The molecule has 82 valence electrons. The van der Waals surface area contributed by atoms with E-state index in [1.54, 1.807) is 19.2 Å². The third-order valence-electron chi connectivity index (χ3n) is 1.92. The number of aromatic nitrogens is 1. The van der Waals surface area contributed by atoms with Crippen molar-refractivity contribution >= 4 is 15.5 Å². The lowest BCUT2D eigenvalue weighted by molar-refractivity contribution is 0.606. The first-order valence-electron chi connectivity index (χ1n) is 4.57. The van der Waals surface area contributed by atoms with Crippen molar-refractivity contribution in [3.8, 4) is 0 Å². The van der Waals surface area contributed by atoms with Crippen LogP contribution in [0.1, 0.15) is 18.2 Å². The minimum atomic E-state index is -3.20. The lowest BCUT2D eigenvalue weighted by atomic mass is 10.2. The standard InChI is InChI=1S/C10H14N2O2S/c1-3-15(13,14)7-9(11)10-5-4-8(2)6-12-10/h4-7H,3,11H2,1-2H3. The van der Waals surface area contributed by atoms with Crippen LogP contribution < -0.4 is 5.73 Å². The van der Waals surface area contributed by atoms with Gasteiger partial charge < -0.3 is 5.73 Å². The van der Waals surface area contributed by atoms with Gasteiger partial charge in [0.05, 0.1) is 22.6 Å². The fraction of sp³-hybridized carbons (Fsp3) is 0.300. The Morgan fingerprint density at radius 3 is 2.67 bits per heavy atom. The van der Waals surface area contributed by atoms with Gasteiger partial charge in [-0.3, -0.25) is 4.98 Å². The van der Waals surface area contributed by atoms with Crippen molar-refractivity contribution in [2.24, 2.45) is 5.73 Å². The highest BCUT2D eigenvalue weighted by Gasteiger charge is 2.06. The minimum absolute atomic E-state index is 0.0412. The van der Waals surface area contributed by atoms with E-state index in [2.05, 4.69) is 4.98 Å². The van der Waals surface area contributed by atoms with E-state index in [0.29, 0.717) is 5.69 Å². The van der Waals surface area contributed by atoms with Crippen molar-refractivity contribution < 1.29 is 8.42 Å². The molecule has 0 unspecified atom stereocenters. The predicted molar refractivity (Wildman–Crippen MR) is 60.6 cm³/mol. The smallest absolute Gasteiger partial charge is 0.173 e. The Morgan fingerprint density at radius 1 is 1.53 bits per heavy atom. The van der Waals surface area contributed by atoms with Gasteiger partial charge in [-0.2, -0.15) is 0 Å². The van der Waals surface area contributed by atoms with Crippen LogP contribution in [0.3, 0.4) is 0 Å². The van der Waals surface area contributed by atoms with Crippen molar-refractivity contribution in [2.45, 2.75) is 13.8 Å². The summed E-state index contributed by atoms with van der Waals surface area (Å²) in [5, 5.41) is 1.06. The van der Waals surface area contributed by atoms with Crippen molar-refractivity contribution in [3.63, 3.8) is 0 Å². The maximum absolute atomic E-state index is 11.3. The summed E-state index contributed by atoms with van der Waals surface area (Å²) < 4.78 is 22.5. The van der Waals surface area contributed by atoms with Crippen LogP contribution in [-0.2, 0) is 9.84 Å². The maximum Gasteiger partial charge on any atom is 0.173 e. The Bertz CT molecular complexity index is 461. The first kappa shape index (κ1) is 11.7. The molecule has 1 aromatic rings. The van der Waals surface area contributed by atoms with E-state index in [4.69, 9.17) is 5.73 Å². The maximum atomic E-state index is 11.3. The second-order valence-electron chi connectivity index (χ2n) is 3.25. The largest absolute Gasteiger partial charge is 0.396 e. The van der Waals surface area contributed by atoms with Crippen LogP contribution in [0.25, 0.3) is 5.70 Å². The molecule has 1 heterocycles. The van der Waals surface area contributed by atoms with Crippen LogP contribution in [-0.4, -0.2) is 19.2 Å². The quantitative estimate of drug-likeness (QED) is 0.837. The number of hydrogen-bond donors (Lipinski definition) is 1. The van der Waals surface area contributed by atoms with Crippen LogP contribution in [0.4, 0.5) is 0 Å². The SMILES string of the molecule is CCS(=O)(=O)C=C(N)c1ccc(C)cn1. The molecular weight excluding hydrogens is 212 g/mol. The number of sulfone groups is 1. The van der Waals surface area contributed by atoms with E-state index in [1.165, 1.54) is 0 Å². The summed E-state index contributed by atoms with van der Waals surface area (Å²) in [7, 11) is -3.20. The van der Waals surface area contributed by atoms with Gasteiger partial charge in [0, 0.05) is 6.20 Å². The molecule has 0 saturated heterocycles. The lowest BCUT2D eigenvalue weighted by Crippen LogP contribution is -2.05. The van der Waals surface area contributed by atoms with Crippen molar-refractivity contribution in [3.05, 3.63) is 35.0 Å². The highest BCUT2D eigenvalue weighted by molar-refractivity contribution is 7.94. The van der Waals surface area contributed by atoms with Crippen LogP contribution >= 0.6 is 0 Å². The number of rotatable bonds is 3. The molecule has 0 radical (unpaired) electrons. The van der Waals surface area contributed by atoms with E-state index in [0.717, 1.165) is 11.0 Å². The molecule has 0 spiro atoms. The van der Waals surface area contributed by atoms with Gasteiger partial charge in [-0.15, -0.1) is 0 Å². The van der Waals surface area contributed by atoms with Gasteiger partial charge in [0.15, 0.2) is 9.84 Å². The number of pyridine rings is 1. The molecule has 4 nitrogen and oxygen atoms in total. The van der Waals surface area contributed by atoms with Gasteiger partial charge in [-0.25, -0.2) is 8.42 Å². The summed E-state index contributed by atoms with van der Waals surface area (Å²) in [5.74, 6) is 0.0412. The fourth-order valence-corrected chi connectivity index (χ4v) is 1.65. The zero-order valence-electron chi connectivity index (χ0n) is 8.77. The molecule has 1 aromatic heterocycles. The molecule has 0 aliphatic rings. The monoisotopic (exact) mass is 226 g/mol. The summed E-state index contributed by atoms with van der Waals surface area (Å²) in [6, 6.07) is 3.54. The first-order chi connectivity index (χ1) is 6.94.